The predicted molar refractivity (Wildman–Crippen MR) is 83.9 cm³/mol. The summed E-state index contributed by atoms with van der Waals surface area (Å²) in [5.74, 6) is -0.550. The number of aryl methyl sites for hydroxylation is 1. The molecular formula is C17H19F2N3O. The maximum absolute atomic E-state index is 13.0. The Morgan fingerprint density at radius 1 is 1.39 bits per heavy atom. The van der Waals surface area contributed by atoms with Crippen LogP contribution >= 0.6 is 0 Å². The van der Waals surface area contributed by atoms with E-state index in [0.717, 1.165) is 18.4 Å². The zero-order valence-corrected chi connectivity index (χ0v) is 13.4. The highest BCUT2D eigenvalue weighted by molar-refractivity contribution is 6.05. The van der Waals surface area contributed by atoms with Crippen LogP contribution in [0.15, 0.2) is 24.4 Å². The fourth-order valence-electron chi connectivity index (χ4n) is 3.21. The summed E-state index contributed by atoms with van der Waals surface area (Å²) >= 11 is 0. The van der Waals surface area contributed by atoms with Crippen LogP contribution in [0.5, 0.6) is 0 Å². The number of nitrogens with one attached hydrogen (secondary N) is 1. The van der Waals surface area contributed by atoms with E-state index in [-0.39, 0.29) is 11.0 Å². The number of carbonyl (C=O) groups is 1. The van der Waals surface area contributed by atoms with Crippen LogP contribution in [0.25, 0.3) is 0 Å². The molecule has 0 aliphatic heterocycles. The number of nitrogens with zero attached hydrogens (tertiary/aromatic N) is 2. The van der Waals surface area contributed by atoms with E-state index < -0.39 is 18.0 Å². The monoisotopic (exact) mass is 319 g/mol. The number of halogens is 2. The largest absolute Gasteiger partial charge is 0.322 e. The van der Waals surface area contributed by atoms with Gasteiger partial charge in [0.05, 0.1) is 5.56 Å². The molecule has 0 saturated heterocycles. The van der Waals surface area contributed by atoms with Crippen LogP contribution in [0.4, 0.5) is 14.5 Å². The van der Waals surface area contributed by atoms with Gasteiger partial charge in [0.25, 0.3) is 12.3 Å². The van der Waals surface area contributed by atoms with Crippen molar-refractivity contribution in [2.45, 2.75) is 38.5 Å². The number of carbonyl (C=O) groups excluding carboxylic acids is 1. The van der Waals surface area contributed by atoms with E-state index in [9.17, 15) is 13.6 Å². The molecule has 6 heteroatoms. The molecule has 0 unspecified atom stereocenters. The second-order valence-corrected chi connectivity index (χ2v) is 6.57. The number of rotatable bonds is 3. The Labute approximate surface area is 133 Å². The van der Waals surface area contributed by atoms with Crippen molar-refractivity contribution in [1.29, 1.82) is 0 Å². The summed E-state index contributed by atoms with van der Waals surface area (Å²) in [5, 5.41) is 6.45. The number of alkyl halides is 2. The van der Waals surface area contributed by atoms with Gasteiger partial charge in [-0.05, 0) is 35.4 Å². The first-order chi connectivity index (χ1) is 10.8. The Kier molecular flexibility index (Phi) is 3.70. The molecule has 1 aromatic heterocycles. The Morgan fingerprint density at radius 2 is 2.13 bits per heavy atom. The van der Waals surface area contributed by atoms with Gasteiger partial charge in [0, 0.05) is 18.9 Å². The number of aromatic nitrogens is 2. The number of fused-ring (bicyclic) bond motifs is 1. The molecule has 1 aliphatic carbocycles. The van der Waals surface area contributed by atoms with Crippen LogP contribution in [0.1, 0.15) is 53.9 Å². The molecule has 3 rings (SSSR count). The summed E-state index contributed by atoms with van der Waals surface area (Å²) in [4.78, 5) is 12.4. The average Bonchev–Trinajstić information content (AvgIpc) is 3.01. The lowest BCUT2D eigenvalue weighted by molar-refractivity contribution is 0.101. The second kappa shape index (κ2) is 5.44. The third-order valence-corrected chi connectivity index (χ3v) is 4.46. The summed E-state index contributed by atoms with van der Waals surface area (Å²) in [7, 11) is 1.52. The molecule has 0 radical (unpaired) electrons. The average molecular weight is 319 g/mol. The normalized spacial score (nSPS) is 15.7. The van der Waals surface area contributed by atoms with Gasteiger partial charge in [0.1, 0.15) is 5.69 Å². The second-order valence-electron chi connectivity index (χ2n) is 6.57. The summed E-state index contributed by atoms with van der Waals surface area (Å²) in [6, 6.07) is 5.77. The van der Waals surface area contributed by atoms with E-state index in [1.807, 2.05) is 12.1 Å². The molecule has 1 amide bonds. The van der Waals surface area contributed by atoms with Crippen LogP contribution in [-0.4, -0.2) is 15.7 Å². The molecule has 23 heavy (non-hydrogen) atoms. The van der Waals surface area contributed by atoms with Gasteiger partial charge in [-0.25, -0.2) is 8.78 Å². The Morgan fingerprint density at radius 3 is 2.83 bits per heavy atom. The fraction of sp³-hybridized carbons (Fsp3) is 0.412. The molecule has 0 bridgehead atoms. The van der Waals surface area contributed by atoms with E-state index in [4.69, 9.17) is 0 Å². The molecule has 0 spiro atoms. The van der Waals surface area contributed by atoms with Crippen LogP contribution in [-0.2, 0) is 18.9 Å². The Hall–Kier alpha value is -2.24. The van der Waals surface area contributed by atoms with Gasteiger partial charge >= 0.3 is 0 Å². The van der Waals surface area contributed by atoms with E-state index in [1.165, 1.54) is 23.5 Å². The minimum Gasteiger partial charge on any atom is -0.322 e. The van der Waals surface area contributed by atoms with Crippen molar-refractivity contribution in [3.05, 3.63) is 46.8 Å². The van der Waals surface area contributed by atoms with Gasteiger partial charge in [-0.1, -0.05) is 26.0 Å². The van der Waals surface area contributed by atoms with Crippen LogP contribution in [0.3, 0.4) is 0 Å². The summed E-state index contributed by atoms with van der Waals surface area (Å²) in [6.45, 7) is 4.33. The molecular weight excluding hydrogens is 300 g/mol. The lowest BCUT2D eigenvalue weighted by Crippen LogP contribution is -2.15. The first-order valence-electron chi connectivity index (χ1n) is 7.55. The number of hydrogen-bond acceptors (Lipinski definition) is 2. The number of hydrogen-bond donors (Lipinski definition) is 1. The zero-order valence-electron chi connectivity index (χ0n) is 13.4. The van der Waals surface area contributed by atoms with Gasteiger partial charge in [-0.2, -0.15) is 5.10 Å². The number of amides is 1. The molecule has 0 fully saturated rings. The molecule has 0 saturated carbocycles. The van der Waals surface area contributed by atoms with E-state index in [1.54, 1.807) is 0 Å². The Balaban J connectivity index is 1.92. The van der Waals surface area contributed by atoms with Crippen molar-refractivity contribution >= 4 is 11.6 Å². The number of anilines is 1. The predicted octanol–water partition coefficient (Wildman–Crippen LogP) is 3.83. The van der Waals surface area contributed by atoms with Crippen molar-refractivity contribution in [2.24, 2.45) is 7.05 Å². The van der Waals surface area contributed by atoms with Crippen molar-refractivity contribution in [3.63, 3.8) is 0 Å². The van der Waals surface area contributed by atoms with Crippen LogP contribution < -0.4 is 5.32 Å². The topological polar surface area (TPSA) is 46.9 Å². The molecule has 1 heterocycles. The third kappa shape index (κ3) is 2.73. The Bertz CT molecular complexity index is 765. The lowest BCUT2D eigenvalue weighted by Gasteiger charge is -2.19. The first-order valence-corrected chi connectivity index (χ1v) is 7.55. The molecule has 1 aromatic carbocycles. The van der Waals surface area contributed by atoms with Gasteiger partial charge < -0.3 is 5.32 Å². The summed E-state index contributed by atoms with van der Waals surface area (Å²) < 4.78 is 27.2. The highest BCUT2D eigenvalue weighted by Gasteiger charge is 2.31. The number of benzene rings is 1. The van der Waals surface area contributed by atoms with Gasteiger partial charge in [0.2, 0.25) is 0 Å². The summed E-state index contributed by atoms with van der Waals surface area (Å²) in [6.07, 6.45) is 0.416. The molecule has 2 aromatic rings. The quantitative estimate of drug-likeness (QED) is 0.934. The van der Waals surface area contributed by atoms with E-state index in [0.29, 0.717) is 5.69 Å². The molecule has 1 aliphatic rings. The summed E-state index contributed by atoms with van der Waals surface area (Å²) in [5.41, 5.74) is 2.49. The molecule has 0 atom stereocenters. The van der Waals surface area contributed by atoms with Crippen molar-refractivity contribution in [2.75, 3.05) is 5.32 Å². The maximum Gasteiger partial charge on any atom is 0.282 e. The molecule has 1 N–H and O–H groups in total. The zero-order chi connectivity index (χ0) is 16.8. The standard InChI is InChI=1S/C17H19F2N3O/c1-17(2)8-7-10-12(17)5-4-6-13(10)20-16(23)11-9-22(3)21-14(11)15(18)19/h4-6,9,15H,7-8H2,1-3H3,(H,20,23). The van der Waals surface area contributed by atoms with E-state index >= 15 is 0 Å². The SMILES string of the molecule is Cn1cc(C(=O)Nc2cccc3c2CCC3(C)C)c(C(F)F)n1. The van der Waals surface area contributed by atoms with Crippen molar-refractivity contribution in [3.8, 4) is 0 Å². The molecule has 4 nitrogen and oxygen atoms in total. The van der Waals surface area contributed by atoms with Crippen LogP contribution in [0, 0.1) is 0 Å². The van der Waals surface area contributed by atoms with Gasteiger partial charge in [-0.3, -0.25) is 9.48 Å². The van der Waals surface area contributed by atoms with Crippen molar-refractivity contribution < 1.29 is 13.6 Å². The van der Waals surface area contributed by atoms with Gasteiger partial charge in [-0.15, -0.1) is 0 Å². The maximum atomic E-state index is 13.0. The highest BCUT2D eigenvalue weighted by atomic mass is 19.3. The molecule has 122 valence electrons. The smallest absolute Gasteiger partial charge is 0.282 e. The minimum atomic E-state index is -2.78. The van der Waals surface area contributed by atoms with Crippen LogP contribution in [0.2, 0.25) is 0 Å². The lowest BCUT2D eigenvalue weighted by atomic mass is 9.86. The fourth-order valence-corrected chi connectivity index (χ4v) is 3.21. The highest BCUT2D eigenvalue weighted by Crippen LogP contribution is 2.41. The van der Waals surface area contributed by atoms with Gasteiger partial charge in [0.15, 0.2) is 0 Å². The first kappa shape index (κ1) is 15.6. The van der Waals surface area contributed by atoms with Crippen molar-refractivity contribution in [1.82, 2.24) is 9.78 Å². The van der Waals surface area contributed by atoms with E-state index in [2.05, 4.69) is 30.3 Å². The third-order valence-electron chi connectivity index (χ3n) is 4.46. The minimum absolute atomic E-state index is 0.0680.